The van der Waals surface area contributed by atoms with E-state index in [9.17, 15) is 9.59 Å². The van der Waals surface area contributed by atoms with Crippen molar-refractivity contribution in [2.75, 3.05) is 33.0 Å². The van der Waals surface area contributed by atoms with Crippen LogP contribution in [0.2, 0.25) is 0 Å². The zero-order valence-electron chi connectivity index (χ0n) is 14.5. The Balaban J connectivity index is 3.23. The van der Waals surface area contributed by atoms with Crippen LogP contribution in [-0.2, 0) is 19.1 Å². The number of rotatable bonds is 15. The Morgan fingerprint density at radius 1 is 0.955 bits per heavy atom. The molecule has 5 nitrogen and oxygen atoms in total. The highest BCUT2D eigenvalue weighted by atomic mass is 16.5. The zero-order valence-corrected chi connectivity index (χ0v) is 14.5. The number of ether oxygens (including phenoxy) is 2. The summed E-state index contributed by atoms with van der Waals surface area (Å²) < 4.78 is 10.8. The van der Waals surface area contributed by atoms with Gasteiger partial charge in [-0.1, -0.05) is 20.8 Å². The lowest BCUT2D eigenvalue weighted by molar-refractivity contribution is -0.122. The molecule has 0 aromatic rings. The minimum Gasteiger partial charge on any atom is -0.379 e. The van der Waals surface area contributed by atoms with Gasteiger partial charge >= 0.3 is 0 Å². The molecule has 0 saturated carbocycles. The first-order chi connectivity index (χ1) is 10.6. The standard InChI is InChI=1S/C17H33NO4/c1-4-16(19)7-5-6-8-17(20)18-10-12-22-14-13-21-11-9-15(2)3/h15H,4-14H2,1-3H3,(H,18,20). The lowest BCUT2D eigenvalue weighted by atomic mass is 10.1. The van der Waals surface area contributed by atoms with Crippen LogP contribution in [0, 0.1) is 5.92 Å². The summed E-state index contributed by atoms with van der Waals surface area (Å²) in [7, 11) is 0. The van der Waals surface area contributed by atoms with Crippen molar-refractivity contribution in [1.29, 1.82) is 0 Å². The highest BCUT2D eigenvalue weighted by Gasteiger charge is 2.02. The fourth-order valence-electron chi connectivity index (χ4n) is 1.78. The van der Waals surface area contributed by atoms with Crippen LogP contribution in [-0.4, -0.2) is 44.7 Å². The van der Waals surface area contributed by atoms with Crippen LogP contribution < -0.4 is 5.32 Å². The van der Waals surface area contributed by atoms with Crippen LogP contribution in [0.5, 0.6) is 0 Å². The molecule has 0 aliphatic carbocycles. The topological polar surface area (TPSA) is 64.6 Å². The van der Waals surface area contributed by atoms with Crippen LogP contribution in [0.15, 0.2) is 0 Å². The van der Waals surface area contributed by atoms with Crippen LogP contribution >= 0.6 is 0 Å². The molecule has 1 amide bonds. The second-order valence-corrected chi connectivity index (χ2v) is 5.86. The zero-order chi connectivity index (χ0) is 16.6. The smallest absolute Gasteiger partial charge is 0.220 e. The predicted octanol–water partition coefficient (Wildman–Crippen LogP) is 2.72. The first kappa shape index (κ1) is 21.1. The number of amides is 1. The highest BCUT2D eigenvalue weighted by molar-refractivity contribution is 5.78. The summed E-state index contributed by atoms with van der Waals surface area (Å²) in [5.74, 6) is 0.960. The van der Waals surface area contributed by atoms with Crippen molar-refractivity contribution in [3.63, 3.8) is 0 Å². The van der Waals surface area contributed by atoms with Crippen molar-refractivity contribution >= 4 is 11.7 Å². The van der Waals surface area contributed by atoms with Gasteiger partial charge in [-0.15, -0.1) is 0 Å². The molecular formula is C17H33NO4. The Labute approximate surface area is 135 Å². The van der Waals surface area contributed by atoms with Crippen LogP contribution in [0.3, 0.4) is 0 Å². The maximum atomic E-state index is 11.5. The lowest BCUT2D eigenvalue weighted by Gasteiger charge is -2.08. The molecule has 0 aliphatic rings. The van der Waals surface area contributed by atoms with E-state index in [0.717, 1.165) is 25.9 Å². The molecule has 0 aromatic heterocycles. The number of nitrogens with one attached hydrogen (secondary N) is 1. The van der Waals surface area contributed by atoms with E-state index in [4.69, 9.17) is 9.47 Å². The molecule has 0 fully saturated rings. The van der Waals surface area contributed by atoms with E-state index in [-0.39, 0.29) is 11.7 Å². The van der Waals surface area contributed by atoms with E-state index >= 15 is 0 Å². The number of carbonyl (C=O) groups excluding carboxylic acids is 2. The van der Waals surface area contributed by atoms with Crippen molar-refractivity contribution in [3.05, 3.63) is 0 Å². The lowest BCUT2D eigenvalue weighted by Crippen LogP contribution is -2.27. The number of hydrogen-bond donors (Lipinski definition) is 1. The molecule has 0 heterocycles. The molecule has 130 valence electrons. The largest absolute Gasteiger partial charge is 0.379 e. The highest BCUT2D eigenvalue weighted by Crippen LogP contribution is 2.02. The minimum atomic E-state index is 0.0285. The maximum absolute atomic E-state index is 11.5. The summed E-state index contributed by atoms with van der Waals surface area (Å²) in [5, 5.41) is 2.81. The maximum Gasteiger partial charge on any atom is 0.220 e. The van der Waals surface area contributed by atoms with Crippen molar-refractivity contribution in [2.45, 2.75) is 59.3 Å². The summed E-state index contributed by atoms with van der Waals surface area (Å²) in [6, 6.07) is 0. The Hall–Kier alpha value is -0.940. The van der Waals surface area contributed by atoms with Gasteiger partial charge in [-0.25, -0.2) is 0 Å². The number of ketones is 1. The molecule has 0 spiro atoms. The van der Waals surface area contributed by atoms with Gasteiger partial charge < -0.3 is 14.8 Å². The molecule has 0 unspecified atom stereocenters. The van der Waals surface area contributed by atoms with Gasteiger partial charge in [-0.05, 0) is 25.2 Å². The molecule has 0 bridgehead atoms. The monoisotopic (exact) mass is 315 g/mol. The van der Waals surface area contributed by atoms with Gasteiger partial charge in [-0.3, -0.25) is 9.59 Å². The van der Waals surface area contributed by atoms with Gasteiger partial charge in [-0.2, -0.15) is 0 Å². The molecule has 0 aromatic carbocycles. The Kier molecular flexibility index (Phi) is 14.3. The summed E-state index contributed by atoms with van der Waals surface area (Å²) in [6.07, 6.45) is 4.29. The first-order valence-electron chi connectivity index (χ1n) is 8.50. The number of carbonyl (C=O) groups is 2. The summed E-state index contributed by atoms with van der Waals surface area (Å²) >= 11 is 0. The molecule has 0 aliphatic heterocycles. The van der Waals surface area contributed by atoms with Crippen molar-refractivity contribution < 1.29 is 19.1 Å². The molecular weight excluding hydrogens is 282 g/mol. The van der Waals surface area contributed by atoms with E-state index in [2.05, 4.69) is 19.2 Å². The average Bonchev–Trinajstić information content (AvgIpc) is 2.49. The van der Waals surface area contributed by atoms with Crippen molar-refractivity contribution in [3.8, 4) is 0 Å². The third-order valence-corrected chi connectivity index (χ3v) is 3.28. The van der Waals surface area contributed by atoms with E-state index in [1.165, 1.54) is 0 Å². The molecule has 0 saturated heterocycles. The molecule has 1 N–H and O–H groups in total. The predicted molar refractivity (Wildman–Crippen MR) is 87.9 cm³/mol. The third kappa shape index (κ3) is 15.4. The van der Waals surface area contributed by atoms with Crippen LogP contribution in [0.4, 0.5) is 0 Å². The Bertz CT molecular complexity index is 292. The summed E-state index contributed by atoms with van der Waals surface area (Å²) in [4.78, 5) is 22.6. The first-order valence-corrected chi connectivity index (χ1v) is 8.50. The minimum absolute atomic E-state index is 0.0285. The second kappa shape index (κ2) is 15.0. The molecule has 5 heteroatoms. The molecule has 0 rings (SSSR count). The van der Waals surface area contributed by atoms with Gasteiger partial charge in [0.25, 0.3) is 0 Å². The third-order valence-electron chi connectivity index (χ3n) is 3.28. The van der Waals surface area contributed by atoms with Gasteiger partial charge in [0.15, 0.2) is 0 Å². The van der Waals surface area contributed by atoms with Gasteiger partial charge in [0, 0.05) is 32.4 Å². The van der Waals surface area contributed by atoms with E-state index < -0.39 is 0 Å². The molecule has 0 radical (unpaired) electrons. The molecule has 22 heavy (non-hydrogen) atoms. The van der Waals surface area contributed by atoms with Gasteiger partial charge in [0.2, 0.25) is 5.91 Å². The SMILES string of the molecule is CCC(=O)CCCCC(=O)NCCOCCOCCC(C)C. The van der Waals surface area contributed by atoms with Crippen LogP contribution in [0.25, 0.3) is 0 Å². The van der Waals surface area contributed by atoms with Crippen molar-refractivity contribution in [1.82, 2.24) is 5.32 Å². The Morgan fingerprint density at radius 3 is 2.23 bits per heavy atom. The average molecular weight is 315 g/mol. The van der Waals surface area contributed by atoms with E-state index in [1.54, 1.807) is 0 Å². The van der Waals surface area contributed by atoms with E-state index in [0.29, 0.717) is 51.5 Å². The summed E-state index contributed by atoms with van der Waals surface area (Å²) in [5.41, 5.74) is 0. The summed E-state index contributed by atoms with van der Waals surface area (Å²) in [6.45, 7) is 9.18. The number of unbranched alkanes of at least 4 members (excludes halogenated alkanes) is 1. The van der Waals surface area contributed by atoms with Gasteiger partial charge in [0.05, 0.1) is 19.8 Å². The quantitative estimate of drug-likeness (QED) is 0.472. The fourth-order valence-corrected chi connectivity index (χ4v) is 1.78. The number of hydrogen-bond acceptors (Lipinski definition) is 4. The fraction of sp³-hybridized carbons (Fsp3) is 0.882. The number of Topliss-reactive ketones (excluding diaryl/α,β-unsaturated/α-hetero) is 1. The van der Waals surface area contributed by atoms with Crippen molar-refractivity contribution in [2.24, 2.45) is 5.92 Å². The van der Waals surface area contributed by atoms with Gasteiger partial charge in [0.1, 0.15) is 5.78 Å². The molecule has 0 atom stereocenters. The van der Waals surface area contributed by atoms with Crippen LogP contribution in [0.1, 0.15) is 59.3 Å². The Morgan fingerprint density at radius 2 is 1.59 bits per heavy atom. The van der Waals surface area contributed by atoms with E-state index in [1.807, 2.05) is 6.92 Å². The second-order valence-electron chi connectivity index (χ2n) is 5.86. The normalized spacial score (nSPS) is 10.9.